The first-order valence-corrected chi connectivity index (χ1v) is 9.62. The summed E-state index contributed by atoms with van der Waals surface area (Å²) in [5.41, 5.74) is 4.69. The van der Waals surface area contributed by atoms with Gasteiger partial charge in [0.2, 0.25) is 0 Å². The molecule has 2 aliphatic rings. The number of fused-ring (bicyclic) bond motifs is 3. The minimum absolute atomic E-state index is 0.189. The number of aromatic amines is 1. The van der Waals surface area contributed by atoms with E-state index in [9.17, 15) is 4.79 Å². The highest BCUT2D eigenvalue weighted by Gasteiger charge is 2.27. The Morgan fingerprint density at radius 3 is 2.68 bits per heavy atom. The van der Waals surface area contributed by atoms with Crippen LogP contribution in [0.3, 0.4) is 0 Å². The SMILES string of the molecule is CC1CCc2[nH]c3c(C(=O)N4CCC(N(C)C)CC4)cccc3c2C1. The number of benzene rings is 1. The van der Waals surface area contributed by atoms with Crippen LogP contribution in [-0.4, -0.2) is 53.9 Å². The number of carbonyl (C=O) groups is 1. The zero-order chi connectivity index (χ0) is 17.6. The first-order chi connectivity index (χ1) is 12.0. The Morgan fingerprint density at radius 2 is 1.96 bits per heavy atom. The number of nitrogens with zero attached hydrogens (tertiary/aromatic N) is 2. The molecule has 0 spiro atoms. The van der Waals surface area contributed by atoms with Gasteiger partial charge in [0.05, 0.1) is 11.1 Å². The van der Waals surface area contributed by atoms with E-state index in [1.807, 2.05) is 11.0 Å². The predicted octanol–water partition coefficient (Wildman–Crippen LogP) is 3.46. The van der Waals surface area contributed by atoms with Crippen molar-refractivity contribution in [1.29, 1.82) is 0 Å². The van der Waals surface area contributed by atoms with Gasteiger partial charge >= 0.3 is 0 Å². The summed E-state index contributed by atoms with van der Waals surface area (Å²) < 4.78 is 0. The molecular formula is C21H29N3O. The molecule has 1 aliphatic heterocycles. The quantitative estimate of drug-likeness (QED) is 0.910. The maximum absolute atomic E-state index is 13.2. The topological polar surface area (TPSA) is 39.3 Å². The molecule has 134 valence electrons. The lowest BCUT2D eigenvalue weighted by atomic mass is 9.87. The summed E-state index contributed by atoms with van der Waals surface area (Å²) in [5, 5.41) is 1.26. The molecule has 25 heavy (non-hydrogen) atoms. The molecule has 0 saturated carbocycles. The smallest absolute Gasteiger partial charge is 0.255 e. The molecule has 0 bridgehead atoms. The van der Waals surface area contributed by atoms with E-state index in [1.54, 1.807) is 0 Å². The molecule has 4 nitrogen and oxygen atoms in total. The van der Waals surface area contributed by atoms with Gasteiger partial charge in [0, 0.05) is 30.2 Å². The minimum atomic E-state index is 0.189. The lowest BCUT2D eigenvalue weighted by molar-refractivity contribution is 0.0665. The Bertz CT molecular complexity index is 784. The van der Waals surface area contributed by atoms with Crippen LogP contribution in [0.5, 0.6) is 0 Å². The Hall–Kier alpha value is -1.81. The van der Waals surface area contributed by atoms with Crippen molar-refractivity contribution in [2.24, 2.45) is 5.92 Å². The molecule has 4 rings (SSSR count). The van der Waals surface area contributed by atoms with Crippen LogP contribution >= 0.6 is 0 Å². The van der Waals surface area contributed by atoms with Crippen molar-refractivity contribution in [2.75, 3.05) is 27.2 Å². The molecule has 1 fully saturated rings. The monoisotopic (exact) mass is 339 g/mol. The second kappa shape index (κ2) is 6.49. The van der Waals surface area contributed by atoms with Gasteiger partial charge in [-0.2, -0.15) is 0 Å². The summed E-state index contributed by atoms with van der Waals surface area (Å²) in [6, 6.07) is 6.82. The number of hydrogen-bond acceptors (Lipinski definition) is 2. The summed E-state index contributed by atoms with van der Waals surface area (Å²) in [7, 11) is 4.26. The second-order valence-corrected chi connectivity index (χ2v) is 8.15. The molecule has 1 saturated heterocycles. The van der Waals surface area contributed by atoms with Crippen LogP contribution in [0.4, 0.5) is 0 Å². The molecule has 0 radical (unpaired) electrons. The molecule has 2 aromatic rings. The van der Waals surface area contributed by atoms with Crippen LogP contribution < -0.4 is 0 Å². The van der Waals surface area contributed by atoms with E-state index < -0.39 is 0 Å². The summed E-state index contributed by atoms with van der Waals surface area (Å²) in [6.07, 6.45) is 5.59. The lowest BCUT2D eigenvalue weighted by Crippen LogP contribution is -2.44. The van der Waals surface area contributed by atoms with E-state index >= 15 is 0 Å². The standard InChI is InChI=1S/C21H29N3O/c1-14-7-8-19-18(13-14)16-5-4-6-17(20(16)22-19)21(25)24-11-9-15(10-12-24)23(2)3/h4-6,14-15,22H,7-13H2,1-3H3. The normalized spacial score (nSPS) is 21.8. The molecule has 1 unspecified atom stereocenters. The molecule has 1 aromatic heterocycles. The summed E-state index contributed by atoms with van der Waals surface area (Å²) in [6.45, 7) is 4.04. The minimum Gasteiger partial charge on any atom is -0.358 e. The number of nitrogens with one attached hydrogen (secondary N) is 1. The Labute approximate surface area is 150 Å². The van der Waals surface area contributed by atoms with Gasteiger partial charge in [-0.15, -0.1) is 0 Å². The zero-order valence-corrected chi connectivity index (χ0v) is 15.6. The average molecular weight is 339 g/mol. The van der Waals surface area contributed by atoms with E-state index in [0.717, 1.165) is 55.8 Å². The van der Waals surface area contributed by atoms with Crippen LogP contribution in [-0.2, 0) is 12.8 Å². The average Bonchev–Trinajstić information content (AvgIpc) is 2.99. The van der Waals surface area contributed by atoms with Crippen molar-refractivity contribution >= 4 is 16.8 Å². The highest BCUT2D eigenvalue weighted by molar-refractivity contribution is 6.06. The van der Waals surface area contributed by atoms with E-state index in [-0.39, 0.29) is 5.91 Å². The molecule has 1 N–H and O–H groups in total. The van der Waals surface area contributed by atoms with Crippen LogP contribution in [0.25, 0.3) is 10.9 Å². The first-order valence-electron chi connectivity index (χ1n) is 9.62. The first kappa shape index (κ1) is 16.6. The van der Waals surface area contributed by atoms with Crippen molar-refractivity contribution in [2.45, 2.75) is 45.1 Å². The van der Waals surface area contributed by atoms with Crippen molar-refractivity contribution < 1.29 is 4.79 Å². The summed E-state index contributed by atoms with van der Waals surface area (Å²) in [4.78, 5) is 21.1. The number of aryl methyl sites for hydroxylation is 1. The van der Waals surface area contributed by atoms with Gasteiger partial charge in [-0.05, 0) is 63.7 Å². The van der Waals surface area contributed by atoms with Crippen molar-refractivity contribution in [1.82, 2.24) is 14.8 Å². The van der Waals surface area contributed by atoms with Crippen molar-refractivity contribution in [3.63, 3.8) is 0 Å². The number of aromatic nitrogens is 1. The number of likely N-dealkylation sites (tertiary alicyclic amines) is 1. The third-order valence-electron chi connectivity index (χ3n) is 6.18. The number of para-hydroxylation sites is 1. The molecule has 1 aliphatic carbocycles. The van der Waals surface area contributed by atoms with Crippen molar-refractivity contribution in [3.8, 4) is 0 Å². The van der Waals surface area contributed by atoms with E-state index in [4.69, 9.17) is 0 Å². The zero-order valence-electron chi connectivity index (χ0n) is 15.6. The fourth-order valence-electron chi connectivity index (χ4n) is 4.55. The van der Waals surface area contributed by atoms with Crippen LogP contribution in [0, 0.1) is 5.92 Å². The van der Waals surface area contributed by atoms with Crippen LogP contribution in [0.15, 0.2) is 18.2 Å². The van der Waals surface area contributed by atoms with E-state index in [2.05, 4.69) is 43.0 Å². The van der Waals surface area contributed by atoms with Crippen LogP contribution in [0.2, 0.25) is 0 Å². The Kier molecular flexibility index (Phi) is 4.32. The van der Waals surface area contributed by atoms with E-state index in [0.29, 0.717) is 6.04 Å². The largest absolute Gasteiger partial charge is 0.358 e. The van der Waals surface area contributed by atoms with Gasteiger partial charge in [0.25, 0.3) is 5.91 Å². The number of amides is 1. The highest BCUT2D eigenvalue weighted by Crippen LogP contribution is 2.33. The molecule has 1 amide bonds. The fourth-order valence-corrected chi connectivity index (χ4v) is 4.55. The van der Waals surface area contributed by atoms with Crippen LogP contribution in [0.1, 0.15) is 47.8 Å². The van der Waals surface area contributed by atoms with Crippen molar-refractivity contribution in [3.05, 3.63) is 35.0 Å². The maximum atomic E-state index is 13.2. The third-order valence-corrected chi connectivity index (χ3v) is 6.18. The Morgan fingerprint density at radius 1 is 1.20 bits per heavy atom. The van der Waals surface area contributed by atoms with Gasteiger partial charge < -0.3 is 14.8 Å². The molecular weight excluding hydrogens is 310 g/mol. The summed E-state index contributed by atoms with van der Waals surface area (Å²) >= 11 is 0. The Balaban J connectivity index is 1.62. The van der Waals surface area contributed by atoms with Gasteiger partial charge in [-0.1, -0.05) is 19.1 Å². The number of carbonyl (C=O) groups excluding carboxylic acids is 1. The number of piperidine rings is 1. The lowest BCUT2D eigenvalue weighted by Gasteiger charge is -2.35. The van der Waals surface area contributed by atoms with E-state index in [1.165, 1.54) is 23.1 Å². The fraction of sp³-hybridized carbons (Fsp3) is 0.571. The summed E-state index contributed by atoms with van der Waals surface area (Å²) in [5.74, 6) is 0.922. The molecule has 1 atom stereocenters. The molecule has 1 aromatic carbocycles. The van der Waals surface area contributed by atoms with Gasteiger partial charge in [0.15, 0.2) is 0 Å². The van der Waals surface area contributed by atoms with Gasteiger partial charge in [-0.25, -0.2) is 0 Å². The van der Waals surface area contributed by atoms with Gasteiger partial charge in [-0.3, -0.25) is 4.79 Å². The van der Waals surface area contributed by atoms with Gasteiger partial charge in [0.1, 0.15) is 0 Å². The predicted molar refractivity (Wildman–Crippen MR) is 102 cm³/mol. The molecule has 2 heterocycles. The number of hydrogen-bond donors (Lipinski definition) is 1. The number of rotatable bonds is 2. The second-order valence-electron chi connectivity index (χ2n) is 8.15. The molecule has 4 heteroatoms. The maximum Gasteiger partial charge on any atom is 0.255 e. The highest BCUT2D eigenvalue weighted by atomic mass is 16.2. The third kappa shape index (κ3) is 2.97. The number of H-pyrrole nitrogens is 1.